The minimum atomic E-state index is -1.13. The molecule has 5 nitrogen and oxygen atoms in total. The van der Waals surface area contributed by atoms with Gasteiger partial charge in [0.1, 0.15) is 11.3 Å². The number of aliphatic hydroxyl groups is 1. The highest BCUT2D eigenvalue weighted by atomic mass is 16.3. The van der Waals surface area contributed by atoms with E-state index < -0.39 is 5.60 Å². The molecular formula is C20H29N3O2. The molecule has 1 aromatic heterocycles. The summed E-state index contributed by atoms with van der Waals surface area (Å²) < 4.78 is 1.90. The molecule has 1 amide bonds. The van der Waals surface area contributed by atoms with Gasteiger partial charge in [-0.2, -0.15) is 5.10 Å². The van der Waals surface area contributed by atoms with Gasteiger partial charge in [-0.1, -0.05) is 44.2 Å². The molecule has 0 radical (unpaired) electrons. The lowest BCUT2D eigenvalue weighted by atomic mass is 9.96. The Labute approximate surface area is 150 Å². The van der Waals surface area contributed by atoms with Gasteiger partial charge in [0, 0.05) is 5.69 Å². The van der Waals surface area contributed by atoms with Crippen molar-refractivity contribution in [1.82, 2.24) is 15.1 Å². The molecular weight excluding hydrogens is 314 g/mol. The number of nitrogens with one attached hydrogen (secondary N) is 1. The second-order valence-corrected chi connectivity index (χ2v) is 8.01. The van der Waals surface area contributed by atoms with Crippen LogP contribution in [0.15, 0.2) is 36.4 Å². The number of hydrogen-bond donors (Lipinski definition) is 2. The molecule has 0 spiro atoms. The van der Waals surface area contributed by atoms with E-state index in [-0.39, 0.29) is 23.9 Å². The lowest BCUT2D eigenvalue weighted by Crippen LogP contribution is -2.38. The molecule has 0 aliphatic rings. The van der Waals surface area contributed by atoms with E-state index in [1.165, 1.54) is 0 Å². The summed E-state index contributed by atoms with van der Waals surface area (Å²) in [5.41, 5.74) is 0.825. The van der Waals surface area contributed by atoms with Crippen LogP contribution in [-0.4, -0.2) is 27.3 Å². The van der Waals surface area contributed by atoms with E-state index in [0.29, 0.717) is 5.69 Å². The standard InChI is InChI=1S/C20H29N3O2/c1-14(2)17-12-16(22-23(17)19(3,4)5)18(24)21-13-20(6,25)15-10-8-7-9-11-15/h7-12,14,25H,13H2,1-6H3,(H,21,24). The highest BCUT2D eigenvalue weighted by Crippen LogP contribution is 2.24. The Bertz CT molecular complexity index is 725. The molecule has 2 rings (SSSR count). The van der Waals surface area contributed by atoms with Gasteiger partial charge in [-0.05, 0) is 45.2 Å². The van der Waals surface area contributed by atoms with E-state index in [0.717, 1.165) is 11.3 Å². The van der Waals surface area contributed by atoms with Crippen LogP contribution in [-0.2, 0) is 11.1 Å². The minimum Gasteiger partial charge on any atom is -0.384 e. The number of hydrogen-bond acceptors (Lipinski definition) is 3. The van der Waals surface area contributed by atoms with Crippen molar-refractivity contribution in [3.63, 3.8) is 0 Å². The molecule has 2 N–H and O–H groups in total. The van der Waals surface area contributed by atoms with E-state index in [1.807, 2.05) is 41.1 Å². The zero-order valence-corrected chi connectivity index (χ0v) is 16.0. The third-order valence-corrected chi connectivity index (χ3v) is 4.19. The van der Waals surface area contributed by atoms with Crippen LogP contribution < -0.4 is 5.32 Å². The first kappa shape index (κ1) is 19.2. The van der Waals surface area contributed by atoms with Crippen LogP contribution in [0.3, 0.4) is 0 Å². The number of carbonyl (C=O) groups is 1. The molecule has 0 saturated carbocycles. The van der Waals surface area contributed by atoms with Crippen molar-refractivity contribution in [1.29, 1.82) is 0 Å². The van der Waals surface area contributed by atoms with E-state index >= 15 is 0 Å². The van der Waals surface area contributed by atoms with Gasteiger partial charge in [0.15, 0.2) is 0 Å². The van der Waals surface area contributed by atoms with Gasteiger partial charge in [-0.25, -0.2) is 0 Å². The summed E-state index contributed by atoms with van der Waals surface area (Å²) in [5, 5.41) is 17.9. The molecule has 1 unspecified atom stereocenters. The van der Waals surface area contributed by atoms with Crippen molar-refractivity contribution in [2.45, 2.75) is 58.6 Å². The van der Waals surface area contributed by atoms with Gasteiger partial charge in [-0.15, -0.1) is 0 Å². The molecule has 2 aromatic rings. The number of amides is 1. The summed E-state index contributed by atoms with van der Waals surface area (Å²) in [7, 11) is 0. The summed E-state index contributed by atoms with van der Waals surface area (Å²) in [6.45, 7) is 12.2. The Kier molecular flexibility index (Phi) is 5.37. The number of benzene rings is 1. The van der Waals surface area contributed by atoms with Crippen molar-refractivity contribution in [2.75, 3.05) is 6.54 Å². The average molecular weight is 343 g/mol. The third kappa shape index (κ3) is 4.48. The predicted octanol–water partition coefficient (Wildman–Crippen LogP) is 3.40. The van der Waals surface area contributed by atoms with Crippen LogP contribution in [0.4, 0.5) is 0 Å². The number of carbonyl (C=O) groups excluding carboxylic acids is 1. The van der Waals surface area contributed by atoms with Crippen molar-refractivity contribution < 1.29 is 9.90 Å². The first-order chi connectivity index (χ1) is 11.5. The quantitative estimate of drug-likeness (QED) is 0.874. The second-order valence-electron chi connectivity index (χ2n) is 8.01. The lowest BCUT2D eigenvalue weighted by Gasteiger charge is -2.24. The highest BCUT2D eigenvalue weighted by molar-refractivity contribution is 5.92. The minimum absolute atomic E-state index is 0.120. The monoisotopic (exact) mass is 343 g/mol. The molecule has 0 saturated heterocycles. The fraction of sp³-hybridized carbons (Fsp3) is 0.500. The van der Waals surface area contributed by atoms with Crippen LogP contribution in [0.1, 0.15) is 69.2 Å². The summed E-state index contributed by atoms with van der Waals surface area (Å²) in [6.07, 6.45) is 0. The molecule has 5 heteroatoms. The van der Waals surface area contributed by atoms with Crippen LogP contribution in [0.2, 0.25) is 0 Å². The topological polar surface area (TPSA) is 67.2 Å². The summed E-state index contributed by atoms with van der Waals surface area (Å²) in [6, 6.07) is 11.2. The van der Waals surface area contributed by atoms with Crippen molar-refractivity contribution in [2.24, 2.45) is 0 Å². The van der Waals surface area contributed by atoms with Gasteiger partial charge in [-0.3, -0.25) is 9.48 Å². The Balaban J connectivity index is 2.16. The Morgan fingerprint density at radius 2 is 1.80 bits per heavy atom. The molecule has 136 valence electrons. The fourth-order valence-corrected chi connectivity index (χ4v) is 2.70. The van der Waals surface area contributed by atoms with Crippen LogP contribution >= 0.6 is 0 Å². The second kappa shape index (κ2) is 7.00. The maximum Gasteiger partial charge on any atom is 0.271 e. The largest absolute Gasteiger partial charge is 0.384 e. The van der Waals surface area contributed by atoms with Gasteiger partial charge in [0.2, 0.25) is 0 Å². The molecule has 0 aliphatic heterocycles. The SMILES string of the molecule is CC(C)c1cc(C(=O)NCC(C)(O)c2ccccc2)nn1C(C)(C)C. The maximum atomic E-state index is 12.5. The summed E-state index contributed by atoms with van der Waals surface area (Å²) >= 11 is 0. The Hall–Kier alpha value is -2.14. The van der Waals surface area contributed by atoms with Crippen molar-refractivity contribution in [3.05, 3.63) is 53.3 Å². The van der Waals surface area contributed by atoms with Crippen molar-refractivity contribution >= 4 is 5.91 Å². The van der Waals surface area contributed by atoms with Crippen LogP contribution in [0.25, 0.3) is 0 Å². The van der Waals surface area contributed by atoms with E-state index in [4.69, 9.17) is 0 Å². The fourth-order valence-electron chi connectivity index (χ4n) is 2.70. The molecule has 1 aromatic carbocycles. The molecule has 1 atom stereocenters. The first-order valence-electron chi connectivity index (χ1n) is 8.69. The Morgan fingerprint density at radius 1 is 1.20 bits per heavy atom. The molecule has 0 bridgehead atoms. The molecule has 1 heterocycles. The zero-order valence-electron chi connectivity index (χ0n) is 16.0. The normalized spacial score (nSPS) is 14.4. The van der Waals surface area contributed by atoms with Crippen LogP contribution in [0.5, 0.6) is 0 Å². The maximum absolute atomic E-state index is 12.5. The summed E-state index contributed by atoms with van der Waals surface area (Å²) in [5.74, 6) is -0.0122. The predicted molar refractivity (Wildman–Crippen MR) is 99.7 cm³/mol. The number of aromatic nitrogens is 2. The van der Waals surface area contributed by atoms with E-state index in [2.05, 4.69) is 45.0 Å². The number of rotatable bonds is 5. The molecule has 0 aliphatic carbocycles. The van der Waals surface area contributed by atoms with Gasteiger partial charge in [0.25, 0.3) is 5.91 Å². The van der Waals surface area contributed by atoms with E-state index in [9.17, 15) is 9.90 Å². The smallest absolute Gasteiger partial charge is 0.271 e. The highest BCUT2D eigenvalue weighted by Gasteiger charge is 2.26. The van der Waals surface area contributed by atoms with Crippen LogP contribution in [0, 0.1) is 0 Å². The third-order valence-electron chi connectivity index (χ3n) is 4.19. The summed E-state index contributed by atoms with van der Waals surface area (Å²) in [4.78, 5) is 12.5. The van der Waals surface area contributed by atoms with Crippen molar-refractivity contribution in [3.8, 4) is 0 Å². The molecule has 25 heavy (non-hydrogen) atoms. The zero-order chi connectivity index (χ0) is 18.8. The molecule has 0 fully saturated rings. The Morgan fingerprint density at radius 3 is 2.28 bits per heavy atom. The number of nitrogens with zero attached hydrogens (tertiary/aromatic N) is 2. The first-order valence-corrected chi connectivity index (χ1v) is 8.69. The lowest BCUT2D eigenvalue weighted by molar-refractivity contribution is 0.0524. The van der Waals surface area contributed by atoms with E-state index in [1.54, 1.807) is 6.92 Å². The van der Waals surface area contributed by atoms with Gasteiger partial charge < -0.3 is 10.4 Å². The van der Waals surface area contributed by atoms with Gasteiger partial charge in [0.05, 0.1) is 12.1 Å². The average Bonchev–Trinajstić information content (AvgIpc) is 2.99. The van der Waals surface area contributed by atoms with Gasteiger partial charge >= 0.3 is 0 Å².